The van der Waals surface area contributed by atoms with Crippen molar-refractivity contribution in [3.63, 3.8) is 0 Å². The molecule has 5 heteroatoms. The molecule has 0 bridgehead atoms. The third kappa shape index (κ3) is 2.90. The molecule has 0 unspecified atom stereocenters. The zero-order chi connectivity index (χ0) is 13.9. The summed E-state index contributed by atoms with van der Waals surface area (Å²) in [5.74, 6) is 0.256. The molecular formula is C15H22N2O2S. The molecule has 2 atom stereocenters. The van der Waals surface area contributed by atoms with Gasteiger partial charge in [-0.2, -0.15) is 11.3 Å². The lowest BCUT2D eigenvalue weighted by Gasteiger charge is -2.46. The Hall–Kier alpha value is -0.910. The molecule has 1 amide bonds. The molecule has 20 heavy (non-hydrogen) atoms. The smallest absolute Gasteiger partial charge is 0.227 e. The van der Waals surface area contributed by atoms with Crippen LogP contribution in [0.4, 0.5) is 0 Å². The number of carbonyl (C=O) groups excluding carboxylic acids is 1. The SMILES string of the molecule is CCN1CC[C@@H]2[C@H](C1)OCCN2C(=O)Cc1ccsc1. The van der Waals surface area contributed by atoms with Gasteiger partial charge in [0.1, 0.15) is 0 Å². The number of nitrogens with zero attached hydrogens (tertiary/aromatic N) is 2. The first kappa shape index (κ1) is 14.0. The Morgan fingerprint density at radius 1 is 1.50 bits per heavy atom. The summed E-state index contributed by atoms with van der Waals surface area (Å²) in [5.41, 5.74) is 1.13. The average molecular weight is 294 g/mol. The van der Waals surface area contributed by atoms with E-state index >= 15 is 0 Å². The molecule has 0 aromatic carbocycles. The maximum Gasteiger partial charge on any atom is 0.227 e. The van der Waals surface area contributed by atoms with E-state index in [0.717, 1.165) is 38.2 Å². The van der Waals surface area contributed by atoms with Crippen molar-refractivity contribution in [2.75, 3.05) is 32.8 Å². The lowest BCUT2D eigenvalue weighted by molar-refractivity contribution is -0.151. The normalized spacial score (nSPS) is 27.4. The minimum absolute atomic E-state index is 0.198. The van der Waals surface area contributed by atoms with Crippen LogP contribution < -0.4 is 0 Å². The number of ether oxygens (including phenoxy) is 1. The van der Waals surface area contributed by atoms with Crippen molar-refractivity contribution in [1.82, 2.24) is 9.80 Å². The van der Waals surface area contributed by atoms with Crippen molar-refractivity contribution < 1.29 is 9.53 Å². The molecule has 2 aliphatic rings. The van der Waals surface area contributed by atoms with Crippen LogP contribution in [0, 0.1) is 0 Å². The Morgan fingerprint density at radius 2 is 2.40 bits per heavy atom. The van der Waals surface area contributed by atoms with E-state index < -0.39 is 0 Å². The summed E-state index contributed by atoms with van der Waals surface area (Å²) in [4.78, 5) is 17.0. The van der Waals surface area contributed by atoms with E-state index in [-0.39, 0.29) is 18.1 Å². The summed E-state index contributed by atoms with van der Waals surface area (Å²) in [6.07, 6.45) is 1.77. The molecule has 3 rings (SSSR count). The standard InChI is InChI=1S/C15H22N2O2S/c1-2-16-5-3-13-14(10-16)19-7-6-17(13)15(18)9-12-4-8-20-11-12/h4,8,11,13-14H,2-3,5-7,9-10H2,1H3/t13-,14+/m1/s1. The van der Waals surface area contributed by atoms with Crippen LogP contribution in [0.5, 0.6) is 0 Å². The van der Waals surface area contributed by atoms with Crippen LogP contribution in [0.2, 0.25) is 0 Å². The number of hydrogen-bond acceptors (Lipinski definition) is 4. The maximum atomic E-state index is 12.5. The molecule has 110 valence electrons. The highest BCUT2D eigenvalue weighted by molar-refractivity contribution is 7.07. The number of amides is 1. The maximum absolute atomic E-state index is 12.5. The second kappa shape index (κ2) is 6.24. The highest BCUT2D eigenvalue weighted by Gasteiger charge is 2.38. The fraction of sp³-hybridized carbons (Fsp3) is 0.667. The van der Waals surface area contributed by atoms with E-state index in [1.54, 1.807) is 11.3 Å². The number of likely N-dealkylation sites (N-methyl/N-ethyl adjacent to an activating group) is 1. The summed E-state index contributed by atoms with van der Waals surface area (Å²) >= 11 is 1.65. The first-order valence-corrected chi connectivity index (χ1v) is 8.36. The number of piperidine rings is 1. The van der Waals surface area contributed by atoms with Crippen LogP contribution in [0.15, 0.2) is 16.8 Å². The first-order chi connectivity index (χ1) is 9.78. The van der Waals surface area contributed by atoms with Crippen LogP contribution >= 0.6 is 11.3 Å². The van der Waals surface area contributed by atoms with Crippen LogP contribution in [0.3, 0.4) is 0 Å². The number of carbonyl (C=O) groups is 1. The summed E-state index contributed by atoms with van der Waals surface area (Å²) in [6.45, 7) is 6.70. The third-order valence-corrected chi connectivity index (χ3v) is 5.11. The Morgan fingerprint density at radius 3 is 3.15 bits per heavy atom. The minimum Gasteiger partial charge on any atom is -0.373 e. The van der Waals surface area contributed by atoms with Gasteiger partial charge in [0.2, 0.25) is 5.91 Å². The van der Waals surface area contributed by atoms with E-state index in [1.807, 2.05) is 11.4 Å². The number of thiophene rings is 1. The van der Waals surface area contributed by atoms with Gasteiger partial charge in [-0.3, -0.25) is 4.79 Å². The van der Waals surface area contributed by atoms with Crippen molar-refractivity contribution in [3.8, 4) is 0 Å². The van der Waals surface area contributed by atoms with Gasteiger partial charge in [-0.1, -0.05) is 6.92 Å². The van der Waals surface area contributed by atoms with Gasteiger partial charge < -0.3 is 14.5 Å². The Bertz CT molecular complexity index is 449. The van der Waals surface area contributed by atoms with Gasteiger partial charge in [0.05, 0.1) is 25.2 Å². The van der Waals surface area contributed by atoms with Crippen molar-refractivity contribution in [3.05, 3.63) is 22.4 Å². The van der Waals surface area contributed by atoms with Gasteiger partial charge in [-0.25, -0.2) is 0 Å². The van der Waals surface area contributed by atoms with Crippen LogP contribution in [-0.4, -0.2) is 60.6 Å². The summed E-state index contributed by atoms with van der Waals surface area (Å²) in [7, 11) is 0. The first-order valence-electron chi connectivity index (χ1n) is 7.42. The van der Waals surface area contributed by atoms with E-state index in [4.69, 9.17) is 4.74 Å². The summed E-state index contributed by atoms with van der Waals surface area (Å²) in [6, 6.07) is 2.32. The molecule has 0 saturated carbocycles. The van der Waals surface area contributed by atoms with Gasteiger partial charge in [0.15, 0.2) is 0 Å². The van der Waals surface area contributed by atoms with Gasteiger partial charge in [-0.15, -0.1) is 0 Å². The van der Waals surface area contributed by atoms with E-state index in [9.17, 15) is 4.79 Å². The van der Waals surface area contributed by atoms with Crippen molar-refractivity contribution >= 4 is 17.2 Å². The third-order valence-electron chi connectivity index (χ3n) is 4.38. The number of hydrogen-bond donors (Lipinski definition) is 0. The molecule has 3 heterocycles. The highest BCUT2D eigenvalue weighted by atomic mass is 32.1. The molecule has 2 saturated heterocycles. The molecule has 0 aliphatic carbocycles. The average Bonchev–Trinajstić information content (AvgIpc) is 2.98. The van der Waals surface area contributed by atoms with E-state index in [2.05, 4.69) is 22.1 Å². The van der Waals surface area contributed by atoms with Gasteiger partial charge >= 0.3 is 0 Å². The topological polar surface area (TPSA) is 32.8 Å². The molecule has 4 nitrogen and oxygen atoms in total. The van der Waals surface area contributed by atoms with Gasteiger partial charge in [-0.05, 0) is 35.4 Å². The molecular weight excluding hydrogens is 272 g/mol. The fourth-order valence-corrected chi connectivity index (χ4v) is 3.89. The molecule has 1 aromatic heterocycles. The predicted octanol–water partition coefficient (Wildman–Crippen LogP) is 1.61. The van der Waals surface area contributed by atoms with Gasteiger partial charge in [0, 0.05) is 19.6 Å². The van der Waals surface area contributed by atoms with Crippen molar-refractivity contribution in [2.45, 2.75) is 31.9 Å². The molecule has 0 spiro atoms. The second-order valence-corrected chi connectivity index (χ2v) is 6.33. The van der Waals surface area contributed by atoms with Crippen LogP contribution in [-0.2, 0) is 16.0 Å². The summed E-state index contributed by atoms with van der Waals surface area (Å²) in [5, 5.41) is 4.10. The number of likely N-dealkylation sites (tertiary alicyclic amines) is 1. The fourth-order valence-electron chi connectivity index (χ4n) is 3.22. The van der Waals surface area contributed by atoms with Gasteiger partial charge in [0.25, 0.3) is 0 Å². The molecule has 1 aromatic rings. The zero-order valence-corrected chi connectivity index (χ0v) is 12.8. The number of fused-ring (bicyclic) bond motifs is 1. The Labute approximate surface area is 124 Å². The molecule has 2 aliphatic heterocycles. The van der Waals surface area contributed by atoms with E-state index in [1.165, 1.54) is 0 Å². The van der Waals surface area contributed by atoms with Crippen molar-refractivity contribution in [2.24, 2.45) is 0 Å². The largest absolute Gasteiger partial charge is 0.373 e. The lowest BCUT2D eigenvalue weighted by atomic mass is 9.97. The van der Waals surface area contributed by atoms with Crippen LogP contribution in [0.1, 0.15) is 18.9 Å². The zero-order valence-electron chi connectivity index (χ0n) is 12.0. The van der Waals surface area contributed by atoms with E-state index in [0.29, 0.717) is 13.0 Å². The lowest BCUT2D eigenvalue weighted by Crippen LogP contribution is -2.60. The number of rotatable bonds is 3. The highest BCUT2D eigenvalue weighted by Crippen LogP contribution is 2.24. The quantitative estimate of drug-likeness (QED) is 0.849. The number of morpholine rings is 1. The monoisotopic (exact) mass is 294 g/mol. The Balaban J connectivity index is 1.65. The molecule has 0 radical (unpaired) electrons. The van der Waals surface area contributed by atoms with Crippen LogP contribution in [0.25, 0.3) is 0 Å². The molecule has 0 N–H and O–H groups in total. The second-order valence-electron chi connectivity index (χ2n) is 5.55. The minimum atomic E-state index is 0.198. The molecule has 2 fully saturated rings. The van der Waals surface area contributed by atoms with Crippen molar-refractivity contribution in [1.29, 1.82) is 0 Å². The summed E-state index contributed by atoms with van der Waals surface area (Å²) < 4.78 is 5.90. The Kier molecular flexibility index (Phi) is 4.38. The predicted molar refractivity (Wildman–Crippen MR) is 80.0 cm³/mol.